The average Bonchev–Trinajstić information content (AvgIpc) is 3.22. The van der Waals surface area contributed by atoms with Crippen LogP contribution in [0, 0.1) is 6.92 Å². The lowest BCUT2D eigenvalue weighted by Gasteiger charge is -2.07. The summed E-state index contributed by atoms with van der Waals surface area (Å²) in [7, 11) is 0. The van der Waals surface area contributed by atoms with Crippen molar-refractivity contribution in [3.63, 3.8) is 0 Å². The number of rotatable bonds is 3. The van der Waals surface area contributed by atoms with Gasteiger partial charge in [-0.05, 0) is 50.3 Å². The molecule has 0 radical (unpaired) electrons. The third-order valence-electron chi connectivity index (χ3n) is 3.38. The van der Waals surface area contributed by atoms with Gasteiger partial charge in [0.05, 0.1) is 23.3 Å². The fourth-order valence-corrected chi connectivity index (χ4v) is 2.22. The second-order valence-corrected chi connectivity index (χ2v) is 4.90. The van der Waals surface area contributed by atoms with Gasteiger partial charge in [-0.3, -0.25) is 0 Å². The quantitative estimate of drug-likeness (QED) is 0.792. The SMILES string of the molecule is CCOC(=O)c1nc2cc(C3CC3)ccc2nc1C. The molecule has 4 nitrogen and oxygen atoms in total. The minimum Gasteiger partial charge on any atom is -0.461 e. The molecule has 2 aromatic rings. The van der Waals surface area contributed by atoms with Gasteiger partial charge in [0.1, 0.15) is 0 Å². The highest BCUT2D eigenvalue weighted by Crippen LogP contribution is 2.40. The number of fused-ring (bicyclic) bond motifs is 1. The lowest BCUT2D eigenvalue weighted by Crippen LogP contribution is -2.10. The molecule has 1 aliphatic rings. The van der Waals surface area contributed by atoms with E-state index in [4.69, 9.17) is 4.74 Å². The van der Waals surface area contributed by atoms with Gasteiger partial charge in [-0.15, -0.1) is 0 Å². The molecule has 1 aromatic carbocycles. The number of carbonyl (C=O) groups is 1. The largest absolute Gasteiger partial charge is 0.461 e. The summed E-state index contributed by atoms with van der Waals surface area (Å²) in [6.45, 7) is 3.92. The van der Waals surface area contributed by atoms with E-state index in [9.17, 15) is 4.79 Å². The van der Waals surface area contributed by atoms with Crippen molar-refractivity contribution in [3.8, 4) is 0 Å². The Bertz CT molecular complexity index is 648. The number of benzene rings is 1. The Morgan fingerprint density at radius 2 is 2.11 bits per heavy atom. The van der Waals surface area contributed by atoms with Crippen LogP contribution in [0.15, 0.2) is 18.2 Å². The van der Waals surface area contributed by atoms with E-state index in [0.29, 0.717) is 23.9 Å². The standard InChI is InChI=1S/C15H16N2O2/c1-3-19-15(18)14-9(2)16-12-7-6-11(10-4-5-10)8-13(12)17-14/h6-8,10H,3-5H2,1-2H3. The number of aryl methyl sites for hydroxylation is 1. The highest BCUT2D eigenvalue weighted by Gasteiger charge is 2.24. The maximum atomic E-state index is 11.8. The van der Waals surface area contributed by atoms with Gasteiger partial charge in [0.15, 0.2) is 5.69 Å². The van der Waals surface area contributed by atoms with Gasteiger partial charge in [-0.1, -0.05) is 6.07 Å². The number of ether oxygens (including phenoxy) is 1. The van der Waals surface area contributed by atoms with Crippen molar-refractivity contribution in [3.05, 3.63) is 35.2 Å². The van der Waals surface area contributed by atoms with Crippen LogP contribution in [-0.2, 0) is 4.74 Å². The molecular weight excluding hydrogens is 240 g/mol. The number of nitrogens with zero attached hydrogens (tertiary/aromatic N) is 2. The van der Waals surface area contributed by atoms with Gasteiger partial charge < -0.3 is 4.74 Å². The van der Waals surface area contributed by atoms with E-state index in [-0.39, 0.29) is 0 Å². The van der Waals surface area contributed by atoms with E-state index in [1.54, 1.807) is 13.8 Å². The van der Waals surface area contributed by atoms with Crippen molar-refractivity contribution >= 4 is 17.0 Å². The molecule has 1 aromatic heterocycles. The Hall–Kier alpha value is -1.97. The summed E-state index contributed by atoms with van der Waals surface area (Å²) in [5.41, 5.74) is 3.83. The van der Waals surface area contributed by atoms with Gasteiger partial charge in [-0.2, -0.15) is 0 Å². The molecular formula is C15H16N2O2. The Kier molecular flexibility index (Phi) is 2.93. The number of esters is 1. The molecule has 4 heteroatoms. The molecule has 0 saturated heterocycles. The number of hydrogen-bond donors (Lipinski definition) is 0. The first kappa shape index (κ1) is 12.1. The summed E-state index contributed by atoms with van der Waals surface area (Å²) in [5.74, 6) is 0.268. The van der Waals surface area contributed by atoms with Gasteiger partial charge in [0.2, 0.25) is 0 Å². The zero-order chi connectivity index (χ0) is 13.4. The lowest BCUT2D eigenvalue weighted by molar-refractivity contribution is 0.0518. The first-order valence-electron chi connectivity index (χ1n) is 6.64. The Labute approximate surface area is 111 Å². The van der Waals surface area contributed by atoms with Crippen molar-refractivity contribution in [1.29, 1.82) is 0 Å². The Morgan fingerprint density at radius 3 is 2.79 bits per heavy atom. The Morgan fingerprint density at radius 1 is 1.32 bits per heavy atom. The predicted octanol–water partition coefficient (Wildman–Crippen LogP) is 2.99. The summed E-state index contributed by atoms with van der Waals surface area (Å²) in [5, 5.41) is 0. The van der Waals surface area contributed by atoms with E-state index in [2.05, 4.69) is 16.0 Å². The maximum absolute atomic E-state index is 11.8. The summed E-state index contributed by atoms with van der Waals surface area (Å²) in [6, 6.07) is 6.14. The maximum Gasteiger partial charge on any atom is 0.358 e. The molecule has 0 aliphatic heterocycles. The smallest absolute Gasteiger partial charge is 0.358 e. The fourth-order valence-electron chi connectivity index (χ4n) is 2.22. The van der Waals surface area contributed by atoms with Crippen LogP contribution in [-0.4, -0.2) is 22.5 Å². The minimum absolute atomic E-state index is 0.322. The molecule has 1 saturated carbocycles. The normalized spacial score (nSPS) is 14.6. The van der Waals surface area contributed by atoms with E-state index in [1.165, 1.54) is 18.4 Å². The van der Waals surface area contributed by atoms with E-state index in [1.807, 2.05) is 12.1 Å². The number of carbonyl (C=O) groups excluding carboxylic acids is 1. The lowest BCUT2D eigenvalue weighted by atomic mass is 10.1. The molecule has 1 fully saturated rings. The van der Waals surface area contributed by atoms with Crippen LogP contribution in [0.1, 0.15) is 47.4 Å². The molecule has 0 unspecified atom stereocenters. The van der Waals surface area contributed by atoms with Crippen molar-refractivity contribution in [2.24, 2.45) is 0 Å². The van der Waals surface area contributed by atoms with Crippen LogP contribution >= 0.6 is 0 Å². The monoisotopic (exact) mass is 256 g/mol. The number of aromatic nitrogens is 2. The van der Waals surface area contributed by atoms with Crippen molar-refractivity contribution < 1.29 is 9.53 Å². The summed E-state index contributed by atoms with van der Waals surface area (Å²) >= 11 is 0. The zero-order valence-electron chi connectivity index (χ0n) is 11.1. The van der Waals surface area contributed by atoms with Crippen LogP contribution < -0.4 is 0 Å². The minimum atomic E-state index is -0.397. The third-order valence-corrected chi connectivity index (χ3v) is 3.38. The van der Waals surface area contributed by atoms with Crippen LogP contribution in [0.4, 0.5) is 0 Å². The Balaban J connectivity index is 2.07. The topological polar surface area (TPSA) is 52.1 Å². The van der Waals surface area contributed by atoms with Crippen molar-refractivity contribution in [1.82, 2.24) is 9.97 Å². The van der Waals surface area contributed by atoms with Gasteiger partial charge in [0, 0.05) is 0 Å². The molecule has 19 heavy (non-hydrogen) atoms. The first-order chi connectivity index (χ1) is 9.19. The predicted molar refractivity (Wildman–Crippen MR) is 72.2 cm³/mol. The van der Waals surface area contributed by atoms with Gasteiger partial charge >= 0.3 is 5.97 Å². The summed E-state index contributed by atoms with van der Waals surface area (Å²) in [6.07, 6.45) is 2.49. The van der Waals surface area contributed by atoms with Crippen LogP contribution in [0.5, 0.6) is 0 Å². The van der Waals surface area contributed by atoms with Gasteiger partial charge in [0.25, 0.3) is 0 Å². The molecule has 0 bridgehead atoms. The van der Waals surface area contributed by atoms with Crippen molar-refractivity contribution in [2.75, 3.05) is 6.61 Å². The van der Waals surface area contributed by atoms with E-state index >= 15 is 0 Å². The van der Waals surface area contributed by atoms with E-state index in [0.717, 1.165) is 11.0 Å². The second kappa shape index (κ2) is 4.61. The number of hydrogen-bond acceptors (Lipinski definition) is 4. The third kappa shape index (κ3) is 2.30. The van der Waals surface area contributed by atoms with Crippen molar-refractivity contribution in [2.45, 2.75) is 32.6 Å². The molecule has 0 atom stereocenters. The second-order valence-electron chi connectivity index (χ2n) is 4.90. The van der Waals surface area contributed by atoms with Crippen LogP contribution in [0.2, 0.25) is 0 Å². The molecule has 98 valence electrons. The molecule has 0 N–H and O–H groups in total. The molecule has 0 spiro atoms. The fraction of sp³-hybridized carbons (Fsp3) is 0.400. The first-order valence-corrected chi connectivity index (χ1v) is 6.64. The molecule has 3 rings (SSSR count). The average molecular weight is 256 g/mol. The highest BCUT2D eigenvalue weighted by molar-refractivity contribution is 5.91. The van der Waals surface area contributed by atoms with Crippen LogP contribution in [0.3, 0.4) is 0 Å². The highest BCUT2D eigenvalue weighted by atomic mass is 16.5. The van der Waals surface area contributed by atoms with Crippen LogP contribution in [0.25, 0.3) is 11.0 Å². The zero-order valence-corrected chi connectivity index (χ0v) is 11.1. The molecule has 1 aliphatic carbocycles. The molecule has 0 amide bonds. The van der Waals surface area contributed by atoms with E-state index < -0.39 is 5.97 Å². The summed E-state index contributed by atoms with van der Waals surface area (Å²) < 4.78 is 5.01. The van der Waals surface area contributed by atoms with Gasteiger partial charge in [-0.25, -0.2) is 14.8 Å². The molecule has 1 heterocycles. The summed E-state index contributed by atoms with van der Waals surface area (Å²) in [4.78, 5) is 20.7.